The third kappa shape index (κ3) is 5.71. The Morgan fingerprint density at radius 1 is 1.13 bits per heavy atom. The summed E-state index contributed by atoms with van der Waals surface area (Å²) < 4.78 is 11.2. The largest absolute Gasteiger partial charge is 0.460 e. The predicted octanol–water partition coefficient (Wildman–Crippen LogP) is 4.54. The number of rotatable bonds is 7. The van der Waals surface area contributed by atoms with Gasteiger partial charge >= 0.3 is 0 Å². The molecule has 0 spiro atoms. The van der Waals surface area contributed by atoms with Gasteiger partial charge in [0, 0.05) is 34.8 Å². The van der Waals surface area contributed by atoms with Gasteiger partial charge in [0.05, 0.1) is 6.21 Å². The summed E-state index contributed by atoms with van der Waals surface area (Å²) in [6, 6.07) is 15.4. The summed E-state index contributed by atoms with van der Waals surface area (Å²) in [6.45, 7) is 3.65. The Morgan fingerprint density at radius 2 is 1.90 bits per heavy atom. The first kappa shape index (κ1) is 21.1. The monoisotopic (exact) mass is 425 g/mol. The molecule has 0 bridgehead atoms. The maximum absolute atomic E-state index is 12.1. The summed E-state index contributed by atoms with van der Waals surface area (Å²) in [4.78, 5) is 23.1. The van der Waals surface area contributed by atoms with Crippen LogP contribution in [0.15, 0.2) is 64.1 Å². The number of hydrogen-bond acceptors (Lipinski definition) is 5. The number of aryl methyl sites for hydroxylation is 1. The number of nitrogens with zero attached hydrogens (tertiary/aromatic N) is 1. The highest BCUT2D eigenvalue weighted by molar-refractivity contribution is 6.31. The topological polar surface area (TPSA) is 92.9 Å². The summed E-state index contributed by atoms with van der Waals surface area (Å²) in [5.74, 6) is 0.163. The second-order valence-corrected chi connectivity index (χ2v) is 6.85. The lowest BCUT2D eigenvalue weighted by atomic mass is 10.1. The van der Waals surface area contributed by atoms with E-state index in [1.807, 2.05) is 25.1 Å². The van der Waals surface area contributed by atoms with Crippen molar-refractivity contribution >= 4 is 35.3 Å². The molecule has 0 aliphatic carbocycles. The molecule has 30 heavy (non-hydrogen) atoms. The highest BCUT2D eigenvalue weighted by Crippen LogP contribution is 2.22. The maximum Gasteiger partial charge on any atom is 0.285 e. The van der Waals surface area contributed by atoms with Gasteiger partial charge in [-0.1, -0.05) is 23.7 Å². The van der Waals surface area contributed by atoms with E-state index in [0.717, 1.165) is 11.1 Å². The second-order valence-electron chi connectivity index (χ2n) is 6.44. The van der Waals surface area contributed by atoms with E-state index in [1.54, 1.807) is 36.4 Å². The molecular formula is C22H20ClN3O4. The van der Waals surface area contributed by atoms with Gasteiger partial charge in [0.25, 0.3) is 11.9 Å². The number of hydrazone groups is 1. The van der Waals surface area contributed by atoms with Gasteiger partial charge in [-0.25, -0.2) is 5.43 Å². The average Bonchev–Trinajstić information content (AvgIpc) is 3.15. The molecule has 2 amide bonds. The van der Waals surface area contributed by atoms with E-state index in [4.69, 9.17) is 20.8 Å². The molecule has 154 valence electrons. The fourth-order valence-electron chi connectivity index (χ4n) is 2.60. The summed E-state index contributed by atoms with van der Waals surface area (Å²) in [5.41, 5.74) is 5.35. The first-order valence-corrected chi connectivity index (χ1v) is 9.48. The van der Waals surface area contributed by atoms with Crippen molar-refractivity contribution in [3.8, 4) is 5.95 Å². The Bertz CT molecular complexity index is 1050. The number of carbonyl (C=O) groups excluding carboxylic acids is 2. The SMILES string of the molecule is CC(=O)Nc1ccc(C(=O)N/N=C\c2ccc(OCc3c(C)cccc3Cl)o2)cc1. The number of ether oxygens (including phenoxy) is 1. The molecule has 7 nitrogen and oxygen atoms in total. The van der Waals surface area contributed by atoms with Crippen LogP contribution in [0.3, 0.4) is 0 Å². The van der Waals surface area contributed by atoms with Crippen molar-refractivity contribution in [1.82, 2.24) is 5.43 Å². The first-order chi connectivity index (χ1) is 14.4. The van der Waals surface area contributed by atoms with Crippen molar-refractivity contribution in [1.29, 1.82) is 0 Å². The number of benzene rings is 2. The minimum absolute atomic E-state index is 0.180. The fraction of sp³-hybridized carbons (Fsp3) is 0.136. The third-order valence-electron chi connectivity index (χ3n) is 4.14. The van der Waals surface area contributed by atoms with Crippen molar-refractivity contribution in [2.45, 2.75) is 20.5 Å². The Kier molecular flexibility index (Phi) is 6.87. The number of nitrogens with one attached hydrogen (secondary N) is 2. The van der Waals surface area contributed by atoms with Crippen LogP contribution in [-0.4, -0.2) is 18.0 Å². The molecule has 3 rings (SSSR count). The van der Waals surface area contributed by atoms with E-state index in [2.05, 4.69) is 15.8 Å². The molecule has 2 N–H and O–H groups in total. The zero-order valence-corrected chi connectivity index (χ0v) is 17.2. The molecule has 0 radical (unpaired) electrons. The van der Waals surface area contributed by atoms with Gasteiger partial charge in [0.1, 0.15) is 6.61 Å². The lowest BCUT2D eigenvalue weighted by Crippen LogP contribution is -2.17. The van der Waals surface area contributed by atoms with Gasteiger partial charge in [0.2, 0.25) is 5.91 Å². The summed E-state index contributed by atoms with van der Waals surface area (Å²) >= 11 is 6.19. The molecule has 1 aromatic heterocycles. The number of anilines is 1. The summed E-state index contributed by atoms with van der Waals surface area (Å²) in [6.07, 6.45) is 1.37. The van der Waals surface area contributed by atoms with Gasteiger partial charge < -0.3 is 14.5 Å². The zero-order chi connectivity index (χ0) is 21.5. The van der Waals surface area contributed by atoms with Gasteiger partial charge in [-0.2, -0.15) is 5.10 Å². The quantitative estimate of drug-likeness (QED) is 0.429. The van der Waals surface area contributed by atoms with Crippen molar-refractivity contribution < 1.29 is 18.7 Å². The number of furan rings is 1. The van der Waals surface area contributed by atoms with Crippen molar-refractivity contribution in [3.63, 3.8) is 0 Å². The highest BCUT2D eigenvalue weighted by atomic mass is 35.5. The van der Waals surface area contributed by atoms with Gasteiger partial charge in [-0.15, -0.1) is 0 Å². The maximum atomic E-state index is 12.1. The minimum Gasteiger partial charge on any atom is -0.460 e. The number of carbonyl (C=O) groups is 2. The number of amides is 2. The van der Waals surface area contributed by atoms with Crippen LogP contribution in [0.5, 0.6) is 5.95 Å². The van der Waals surface area contributed by atoms with E-state index >= 15 is 0 Å². The Labute approximate surface area is 178 Å². The predicted molar refractivity (Wildman–Crippen MR) is 115 cm³/mol. The highest BCUT2D eigenvalue weighted by Gasteiger charge is 2.08. The molecule has 1 heterocycles. The van der Waals surface area contributed by atoms with Crippen LogP contribution < -0.4 is 15.5 Å². The Morgan fingerprint density at radius 3 is 2.60 bits per heavy atom. The fourth-order valence-corrected chi connectivity index (χ4v) is 2.88. The Hall–Kier alpha value is -3.58. The number of halogens is 1. The van der Waals surface area contributed by atoms with Gasteiger partial charge in [0.15, 0.2) is 5.76 Å². The van der Waals surface area contributed by atoms with Crippen LogP contribution >= 0.6 is 11.6 Å². The first-order valence-electron chi connectivity index (χ1n) is 9.10. The molecular weight excluding hydrogens is 406 g/mol. The van der Waals surface area contributed by atoms with E-state index in [0.29, 0.717) is 28.0 Å². The molecule has 0 saturated carbocycles. The van der Waals surface area contributed by atoms with Gasteiger partial charge in [-0.3, -0.25) is 9.59 Å². The average molecular weight is 426 g/mol. The van der Waals surface area contributed by atoms with Crippen molar-refractivity contribution in [2.24, 2.45) is 5.10 Å². The van der Waals surface area contributed by atoms with Crippen LogP contribution in [0.2, 0.25) is 5.02 Å². The van der Waals surface area contributed by atoms with Crippen LogP contribution in [0.25, 0.3) is 0 Å². The standard InChI is InChI=1S/C22H20ClN3O4/c1-14-4-3-5-20(23)19(14)13-29-21-11-10-18(30-21)12-24-26-22(28)16-6-8-17(9-7-16)25-15(2)27/h3-12H,13H2,1-2H3,(H,25,27)(H,26,28)/b24-12-. The molecule has 0 aliphatic rings. The summed E-state index contributed by atoms with van der Waals surface area (Å²) in [5, 5.41) is 7.15. The normalized spacial score (nSPS) is 10.8. The number of hydrogen-bond donors (Lipinski definition) is 2. The minimum atomic E-state index is -0.391. The van der Waals surface area contributed by atoms with Crippen molar-refractivity contribution in [2.75, 3.05) is 5.32 Å². The van der Waals surface area contributed by atoms with Crippen LogP contribution in [0.1, 0.15) is 34.2 Å². The lowest BCUT2D eigenvalue weighted by Gasteiger charge is -2.08. The van der Waals surface area contributed by atoms with Crippen LogP contribution in [-0.2, 0) is 11.4 Å². The van der Waals surface area contributed by atoms with Crippen LogP contribution in [0.4, 0.5) is 5.69 Å². The molecule has 8 heteroatoms. The van der Waals surface area contributed by atoms with E-state index in [-0.39, 0.29) is 12.5 Å². The smallest absolute Gasteiger partial charge is 0.285 e. The molecule has 0 saturated heterocycles. The molecule has 0 fully saturated rings. The van der Waals surface area contributed by atoms with E-state index in [1.165, 1.54) is 13.1 Å². The molecule has 0 unspecified atom stereocenters. The van der Waals surface area contributed by atoms with Crippen molar-refractivity contribution in [3.05, 3.63) is 82.1 Å². The molecule has 2 aromatic carbocycles. The molecule has 3 aromatic rings. The lowest BCUT2D eigenvalue weighted by molar-refractivity contribution is -0.114. The Balaban J connectivity index is 1.53. The molecule has 0 aliphatic heterocycles. The second kappa shape index (κ2) is 9.76. The van der Waals surface area contributed by atoms with Crippen LogP contribution in [0, 0.1) is 6.92 Å². The van der Waals surface area contributed by atoms with E-state index < -0.39 is 5.91 Å². The third-order valence-corrected chi connectivity index (χ3v) is 4.49. The van der Waals surface area contributed by atoms with E-state index in [9.17, 15) is 9.59 Å². The molecule has 0 atom stereocenters. The summed E-state index contributed by atoms with van der Waals surface area (Å²) in [7, 11) is 0. The van der Waals surface area contributed by atoms with Gasteiger partial charge in [-0.05, 0) is 48.9 Å². The zero-order valence-electron chi connectivity index (χ0n) is 16.4.